The molecule has 2 aliphatic rings. The van der Waals surface area contributed by atoms with E-state index in [1.807, 2.05) is 36.1 Å². The summed E-state index contributed by atoms with van der Waals surface area (Å²) in [6, 6.07) is 12.7. The molecule has 0 bridgehead atoms. The van der Waals surface area contributed by atoms with Gasteiger partial charge >= 0.3 is 0 Å². The Morgan fingerprint density at radius 1 is 1.06 bits per heavy atom. The van der Waals surface area contributed by atoms with E-state index in [0.29, 0.717) is 42.4 Å². The Kier molecular flexibility index (Phi) is 4.57. The standard InChI is InChI=1S/C23H23N5O3/c1-15-4-3-5-18(24-15)20(29)27-12-10-23(14-27)11-13-28-21(30)19(25-26-22(23)28)16-6-8-17(31-2)9-7-16/h3-9H,10-14H2,1-2H3/t23-/m1/s1. The van der Waals surface area contributed by atoms with Crippen LogP contribution < -0.4 is 10.3 Å². The number of aromatic nitrogens is 4. The molecule has 158 valence electrons. The largest absolute Gasteiger partial charge is 0.497 e. The molecule has 2 aliphatic heterocycles. The monoisotopic (exact) mass is 417 g/mol. The Labute approximate surface area is 179 Å². The highest BCUT2D eigenvalue weighted by molar-refractivity contribution is 5.92. The zero-order valence-electron chi connectivity index (χ0n) is 17.5. The Balaban J connectivity index is 1.44. The van der Waals surface area contributed by atoms with E-state index in [-0.39, 0.29) is 16.9 Å². The maximum absolute atomic E-state index is 13.2. The number of aryl methyl sites for hydroxylation is 1. The average Bonchev–Trinajstić information content (AvgIpc) is 3.39. The number of fused-ring (bicyclic) bond motifs is 2. The van der Waals surface area contributed by atoms with Crippen LogP contribution in [0, 0.1) is 6.92 Å². The number of carbonyl (C=O) groups is 1. The normalized spacial score (nSPS) is 19.6. The lowest BCUT2D eigenvalue weighted by Crippen LogP contribution is -2.35. The van der Waals surface area contributed by atoms with Gasteiger partial charge in [0.15, 0.2) is 5.69 Å². The van der Waals surface area contributed by atoms with Crippen molar-refractivity contribution in [2.45, 2.75) is 31.7 Å². The van der Waals surface area contributed by atoms with Crippen molar-refractivity contribution in [3.63, 3.8) is 0 Å². The van der Waals surface area contributed by atoms with Gasteiger partial charge in [0.2, 0.25) is 0 Å². The maximum atomic E-state index is 13.2. The van der Waals surface area contributed by atoms with Crippen molar-refractivity contribution in [2.24, 2.45) is 0 Å². The van der Waals surface area contributed by atoms with Crippen LogP contribution in [0.15, 0.2) is 47.3 Å². The molecule has 8 heteroatoms. The molecule has 0 radical (unpaired) electrons. The van der Waals surface area contributed by atoms with E-state index in [4.69, 9.17) is 4.74 Å². The SMILES string of the molecule is COc1ccc(-c2nnc3n(c2=O)CC[C@@]32CCN(C(=O)c3cccc(C)n3)C2)cc1. The van der Waals surface area contributed by atoms with Crippen molar-refractivity contribution >= 4 is 5.91 Å². The van der Waals surface area contributed by atoms with Crippen molar-refractivity contribution in [2.75, 3.05) is 20.2 Å². The first-order chi connectivity index (χ1) is 15.0. The van der Waals surface area contributed by atoms with E-state index in [2.05, 4.69) is 15.2 Å². The van der Waals surface area contributed by atoms with Gasteiger partial charge in [0, 0.05) is 30.9 Å². The first-order valence-electron chi connectivity index (χ1n) is 10.4. The Morgan fingerprint density at radius 2 is 1.84 bits per heavy atom. The molecule has 1 fully saturated rings. The maximum Gasteiger partial charge on any atom is 0.280 e. The molecule has 1 aromatic carbocycles. The minimum atomic E-state index is -0.329. The van der Waals surface area contributed by atoms with E-state index in [1.165, 1.54) is 0 Å². The Hall–Kier alpha value is -3.55. The number of methoxy groups -OCH3 is 1. The number of benzene rings is 1. The Bertz CT molecular complexity index is 1220. The van der Waals surface area contributed by atoms with Gasteiger partial charge in [-0.3, -0.25) is 14.2 Å². The van der Waals surface area contributed by atoms with E-state index in [0.717, 1.165) is 24.3 Å². The quantitative estimate of drug-likeness (QED) is 0.649. The minimum absolute atomic E-state index is 0.0795. The highest BCUT2D eigenvalue weighted by Gasteiger charge is 2.48. The molecule has 4 heterocycles. The topological polar surface area (TPSA) is 90.2 Å². The third-order valence-corrected chi connectivity index (χ3v) is 6.35. The second kappa shape index (κ2) is 7.30. The summed E-state index contributed by atoms with van der Waals surface area (Å²) in [6.07, 6.45) is 1.54. The molecule has 31 heavy (non-hydrogen) atoms. The molecule has 3 aromatic rings. The molecule has 1 spiro atoms. The van der Waals surface area contributed by atoms with Crippen LogP contribution in [0.3, 0.4) is 0 Å². The van der Waals surface area contributed by atoms with Crippen LogP contribution in [-0.4, -0.2) is 50.8 Å². The van der Waals surface area contributed by atoms with Crippen molar-refractivity contribution in [3.8, 4) is 17.0 Å². The van der Waals surface area contributed by atoms with E-state index >= 15 is 0 Å². The van der Waals surface area contributed by atoms with E-state index < -0.39 is 0 Å². The van der Waals surface area contributed by atoms with Crippen LogP contribution in [-0.2, 0) is 12.0 Å². The van der Waals surface area contributed by atoms with Crippen LogP contribution in [0.4, 0.5) is 0 Å². The van der Waals surface area contributed by atoms with Crippen molar-refractivity contribution < 1.29 is 9.53 Å². The molecule has 0 saturated carbocycles. The zero-order chi connectivity index (χ0) is 21.6. The number of ether oxygens (including phenoxy) is 1. The third-order valence-electron chi connectivity index (χ3n) is 6.35. The van der Waals surface area contributed by atoms with Crippen molar-refractivity contribution in [1.29, 1.82) is 0 Å². The first kappa shape index (κ1) is 19.4. The Morgan fingerprint density at radius 3 is 2.58 bits per heavy atom. The van der Waals surface area contributed by atoms with Crippen LogP contribution in [0.2, 0.25) is 0 Å². The molecule has 1 saturated heterocycles. The van der Waals surface area contributed by atoms with Gasteiger partial charge in [-0.1, -0.05) is 6.07 Å². The summed E-state index contributed by atoms with van der Waals surface area (Å²) < 4.78 is 6.91. The van der Waals surface area contributed by atoms with Crippen LogP contribution >= 0.6 is 0 Å². The molecular formula is C23H23N5O3. The summed E-state index contributed by atoms with van der Waals surface area (Å²) in [5.41, 5.74) is 1.84. The number of rotatable bonds is 3. The van der Waals surface area contributed by atoms with Crippen molar-refractivity contribution in [1.82, 2.24) is 24.6 Å². The summed E-state index contributed by atoms with van der Waals surface area (Å²) in [4.78, 5) is 32.3. The predicted molar refractivity (Wildman–Crippen MR) is 114 cm³/mol. The fraction of sp³-hybridized carbons (Fsp3) is 0.348. The fourth-order valence-electron chi connectivity index (χ4n) is 4.64. The lowest BCUT2D eigenvalue weighted by atomic mass is 9.85. The summed E-state index contributed by atoms with van der Waals surface area (Å²) in [5.74, 6) is 1.32. The number of hydrogen-bond donors (Lipinski definition) is 0. The van der Waals surface area contributed by atoms with Crippen LogP contribution in [0.25, 0.3) is 11.3 Å². The molecule has 8 nitrogen and oxygen atoms in total. The number of pyridine rings is 1. The zero-order valence-corrected chi connectivity index (χ0v) is 17.5. The number of hydrogen-bond acceptors (Lipinski definition) is 6. The van der Waals surface area contributed by atoms with Gasteiger partial charge < -0.3 is 9.64 Å². The van der Waals surface area contributed by atoms with E-state index in [1.54, 1.807) is 29.9 Å². The highest BCUT2D eigenvalue weighted by Crippen LogP contribution is 2.41. The molecular weight excluding hydrogens is 394 g/mol. The number of amides is 1. The summed E-state index contributed by atoms with van der Waals surface area (Å²) in [6.45, 7) is 3.59. The molecule has 1 amide bonds. The first-order valence-corrected chi connectivity index (χ1v) is 10.4. The van der Waals surface area contributed by atoms with Gasteiger partial charge in [-0.15, -0.1) is 10.2 Å². The molecule has 0 unspecified atom stereocenters. The molecule has 0 aliphatic carbocycles. The fourth-order valence-corrected chi connectivity index (χ4v) is 4.64. The lowest BCUT2D eigenvalue weighted by molar-refractivity contribution is 0.0777. The van der Waals surface area contributed by atoms with Gasteiger partial charge in [0.25, 0.3) is 11.5 Å². The number of carbonyl (C=O) groups excluding carboxylic acids is 1. The highest BCUT2D eigenvalue weighted by atomic mass is 16.5. The second-order valence-electron chi connectivity index (χ2n) is 8.23. The number of nitrogens with zero attached hydrogens (tertiary/aromatic N) is 5. The minimum Gasteiger partial charge on any atom is -0.497 e. The van der Waals surface area contributed by atoms with Crippen LogP contribution in [0.1, 0.15) is 34.8 Å². The lowest BCUT2D eigenvalue weighted by Gasteiger charge is -2.23. The summed E-state index contributed by atoms with van der Waals surface area (Å²) >= 11 is 0. The predicted octanol–water partition coefficient (Wildman–Crippen LogP) is 2.20. The molecule has 1 atom stereocenters. The van der Waals surface area contributed by atoms with Crippen molar-refractivity contribution in [3.05, 3.63) is 70.0 Å². The second-order valence-corrected chi connectivity index (χ2v) is 8.23. The molecule has 0 N–H and O–H groups in total. The third kappa shape index (κ3) is 3.19. The van der Waals surface area contributed by atoms with Gasteiger partial charge in [-0.2, -0.15) is 0 Å². The van der Waals surface area contributed by atoms with Gasteiger partial charge in [0.1, 0.15) is 17.3 Å². The molecule has 2 aromatic heterocycles. The average molecular weight is 417 g/mol. The summed E-state index contributed by atoms with van der Waals surface area (Å²) in [5, 5.41) is 8.78. The van der Waals surface area contributed by atoms with Crippen LogP contribution in [0.5, 0.6) is 5.75 Å². The van der Waals surface area contributed by atoms with Gasteiger partial charge in [0.05, 0.1) is 12.5 Å². The smallest absolute Gasteiger partial charge is 0.280 e. The number of likely N-dealkylation sites (tertiary alicyclic amines) is 1. The summed E-state index contributed by atoms with van der Waals surface area (Å²) in [7, 11) is 1.60. The van der Waals surface area contributed by atoms with E-state index in [9.17, 15) is 9.59 Å². The van der Waals surface area contributed by atoms with Gasteiger partial charge in [-0.25, -0.2) is 4.98 Å². The molecule has 5 rings (SSSR count). The van der Waals surface area contributed by atoms with Gasteiger partial charge in [-0.05, 0) is 56.2 Å².